The second-order valence-corrected chi connectivity index (χ2v) is 20.2. The molecule has 1 unspecified atom stereocenters. The lowest BCUT2D eigenvalue weighted by Gasteiger charge is -2.18. The minimum Gasteiger partial charge on any atom is -0.462 e. The first-order valence-electron chi connectivity index (χ1n) is 31.6. The van der Waals surface area contributed by atoms with Gasteiger partial charge in [-0.25, -0.2) is 0 Å². The summed E-state index contributed by atoms with van der Waals surface area (Å²) in [4.78, 5) is 38.3. The van der Waals surface area contributed by atoms with Gasteiger partial charge in [-0.1, -0.05) is 255 Å². The molecule has 6 nitrogen and oxygen atoms in total. The third kappa shape index (κ3) is 63.5. The highest BCUT2D eigenvalue weighted by molar-refractivity contribution is 5.71. The molecule has 0 spiro atoms. The molecule has 79 heavy (non-hydrogen) atoms. The van der Waals surface area contributed by atoms with E-state index in [9.17, 15) is 14.4 Å². The van der Waals surface area contributed by atoms with Gasteiger partial charge < -0.3 is 14.2 Å². The number of hydrogen-bond acceptors (Lipinski definition) is 6. The second-order valence-electron chi connectivity index (χ2n) is 20.2. The predicted octanol–water partition coefficient (Wildman–Crippen LogP) is 21.9. The molecule has 0 aliphatic heterocycles. The number of hydrogen-bond donors (Lipinski definition) is 0. The number of unbranched alkanes of at least 4 members (excludes halogenated alkanes) is 16. The van der Waals surface area contributed by atoms with E-state index in [2.05, 4.69) is 191 Å². The molecule has 0 amide bonds. The number of allylic oxidation sites excluding steroid dienone is 28. The molecule has 0 N–H and O–H groups in total. The lowest BCUT2D eigenvalue weighted by atomic mass is 10.1. The zero-order valence-electron chi connectivity index (χ0n) is 50.6. The summed E-state index contributed by atoms with van der Waals surface area (Å²) in [5.74, 6) is -0.979. The summed E-state index contributed by atoms with van der Waals surface area (Å²) in [6.45, 7) is 6.25. The third-order valence-corrected chi connectivity index (χ3v) is 12.7. The van der Waals surface area contributed by atoms with Gasteiger partial charge in [0.1, 0.15) is 13.2 Å². The van der Waals surface area contributed by atoms with Crippen molar-refractivity contribution >= 4 is 17.9 Å². The highest BCUT2D eigenvalue weighted by Crippen LogP contribution is 2.14. The Kier molecular flexibility index (Phi) is 61.0. The molecule has 0 aromatic rings. The van der Waals surface area contributed by atoms with Crippen molar-refractivity contribution in [2.75, 3.05) is 13.2 Å². The van der Waals surface area contributed by atoms with Crippen LogP contribution in [0.15, 0.2) is 170 Å². The molecule has 442 valence electrons. The molecule has 0 heterocycles. The van der Waals surface area contributed by atoms with Crippen LogP contribution in [0.1, 0.15) is 252 Å². The first-order valence-corrected chi connectivity index (χ1v) is 31.6. The van der Waals surface area contributed by atoms with Crippen LogP contribution in [0.2, 0.25) is 0 Å². The maximum Gasteiger partial charge on any atom is 0.306 e. The van der Waals surface area contributed by atoms with Crippen molar-refractivity contribution in [3.63, 3.8) is 0 Å². The number of carbonyl (C=O) groups excluding carboxylic acids is 3. The fourth-order valence-corrected chi connectivity index (χ4v) is 8.07. The quantitative estimate of drug-likeness (QED) is 0.0261. The Labute approximate surface area is 485 Å². The summed E-state index contributed by atoms with van der Waals surface area (Å²) in [5, 5.41) is 0. The molecule has 0 saturated carbocycles. The van der Waals surface area contributed by atoms with Crippen LogP contribution in [0.25, 0.3) is 0 Å². The van der Waals surface area contributed by atoms with Crippen molar-refractivity contribution in [2.24, 2.45) is 0 Å². The fourth-order valence-electron chi connectivity index (χ4n) is 8.07. The van der Waals surface area contributed by atoms with E-state index in [1.165, 1.54) is 44.9 Å². The highest BCUT2D eigenvalue weighted by atomic mass is 16.6. The van der Waals surface area contributed by atoms with Gasteiger partial charge in [0.2, 0.25) is 0 Å². The number of rotatable bonds is 55. The average molecular weight is 1090 g/mol. The van der Waals surface area contributed by atoms with Crippen LogP contribution in [-0.4, -0.2) is 37.2 Å². The molecule has 0 bridgehead atoms. The van der Waals surface area contributed by atoms with Crippen molar-refractivity contribution in [1.29, 1.82) is 0 Å². The molecule has 0 radical (unpaired) electrons. The molecule has 0 aromatic heterocycles. The molecule has 0 rings (SSSR count). The van der Waals surface area contributed by atoms with Gasteiger partial charge >= 0.3 is 17.9 Å². The summed E-state index contributed by atoms with van der Waals surface area (Å²) in [7, 11) is 0. The van der Waals surface area contributed by atoms with E-state index < -0.39 is 6.10 Å². The zero-order valence-corrected chi connectivity index (χ0v) is 50.6. The Balaban J connectivity index is 4.51. The monoisotopic (exact) mass is 1090 g/mol. The topological polar surface area (TPSA) is 78.9 Å². The lowest BCUT2D eigenvalue weighted by molar-refractivity contribution is -0.167. The van der Waals surface area contributed by atoms with E-state index in [1.807, 2.05) is 0 Å². The van der Waals surface area contributed by atoms with Gasteiger partial charge in [-0.05, 0) is 148 Å². The van der Waals surface area contributed by atoms with E-state index in [0.29, 0.717) is 25.7 Å². The molecule has 0 fully saturated rings. The highest BCUT2D eigenvalue weighted by Gasteiger charge is 2.19. The van der Waals surface area contributed by atoms with Crippen molar-refractivity contribution in [3.05, 3.63) is 170 Å². The molecular formula is C73H114O6. The molecule has 0 aromatic carbocycles. The van der Waals surface area contributed by atoms with Gasteiger partial charge in [-0.3, -0.25) is 14.4 Å². The van der Waals surface area contributed by atoms with Crippen molar-refractivity contribution in [1.82, 2.24) is 0 Å². The summed E-state index contributed by atoms with van der Waals surface area (Å²) in [5.41, 5.74) is 0. The standard InChI is InChI=1S/C73H114O6/c1-4-7-10-13-16-19-22-25-28-31-32-33-34-35-36-37-38-39-40-43-45-48-51-54-57-60-63-66-72(75)78-69-70(79-73(76)67-64-61-58-55-52-49-46-42-30-27-24-21-18-15-12-9-6-3)68-77-71(74)65-62-59-56-53-50-47-44-41-29-26-23-20-17-14-11-8-5-2/h7-12,16-21,25-30,32-33,35-36,38-39,43,45,51,54,70H,4-6,13-15,22-24,31,34,37,40-42,44,46-50,52-53,55-69H2,1-3H3/b10-7-,11-8-,12-9-,19-16-,20-17-,21-18-,28-25-,29-26-,30-27-,33-32-,36-35-,39-38-,45-43-,54-51-. The Bertz CT molecular complexity index is 1820. The van der Waals surface area contributed by atoms with Crippen molar-refractivity contribution < 1.29 is 28.6 Å². The minimum absolute atomic E-state index is 0.109. The van der Waals surface area contributed by atoms with Crippen LogP contribution in [-0.2, 0) is 28.6 Å². The van der Waals surface area contributed by atoms with Crippen LogP contribution in [0.3, 0.4) is 0 Å². The summed E-state index contributed by atoms with van der Waals surface area (Å²) in [6.07, 6.45) is 96.4. The van der Waals surface area contributed by atoms with E-state index in [0.717, 1.165) is 161 Å². The lowest BCUT2D eigenvalue weighted by Crippen LogP contribution is -2.30. The van der Waals surface area contributed by atoms with E-state index in [-0.39, 0.29) is 31.1 Å². The van der Waals surface area contributed by atoms with E-state index >= 15 is 0 Å². The Morgan fingerprint density at radius 2 is 0.456 bits per heavy atom. The van der Waals surface area contributed by atoms with Crippen LogP contribution in [0.5, 0.6) is 0 Å². The number of carbonyl (C=O) groups is 3. The molecular weight excluding hydrogens is 973 g/mol. The molecule has 0 aliphatic rings. The van der Waals surface area contributed by atoms with Crippen molar-refractivity contribution in [2.45, 2.75) is 258 Å². The first kappa shape index (κ1) is 73.8. The van der Waals surface area contributed by atoms with Crippen LogP contribution in [0, 0.1) is 0 Å². The summed E-state index contributed by atoms with van der Waals surface area (Å²) < 4.78 is 16.9. The largest absolute Gasteiger partial charge is 0.462 e. The first-order chi connectivity index (χ1) is 39.0. The summed E-state index contributed by atoms with van der Waals surface area (Å²) >= 11 is 0. The summed E-state index contributed by atoms with van der Waals surface area (Å²) in [6, 6.07) is 0. The molecule has 0 saturated heterocycles. The van der Waals surface area contributed by atoms with Gasteiger partial charge in [-0.15, -0.1) is 0 Å². The van der Waals surface area contributed by atoms with Gasteiger partial charge in [-0.2, -0.15) is 0 Å². The molecule has 0 aliphatic carbocycles. The average Bonchev–Trinajstić information content (AvgIpc) is 3.45. The Hall–Kier alpha value is -5.23. The number of ether oxygens (including phenoxy) is 3. The SMILES string of the molecule is CC/C=C\C/C=C\C/C=C\C/C=C\C/C=C\C/C=C\C/C=C\C/C=C\CCCCC(=O)OCC(COC(=O)CCCCCCCCC/C=C\C/C=C\C/C=C\CC)OC(=O)CCCCCCCCC/C=C\C/C=C\C/C=C\CC. The predicted molar refractivity (Wildman–Crippen MR) is 343 cm³/mol. The maximum absolute atomic E-state index is 12.9. The van der Waals surface area contributed by atoms with Crippen LogP contribution in [0.4, 0.5) is 0 Å². The van der Waals surface area contributed by atoms with Crippen molar-refractivity contribution in [3.8, 4) is 0 Å². The van der Waals surface area contributed by atoms with Gasteiger partial charge in [0, 0.05) is 19.3 Å². The minimum atomic E-state index is -0.817. The molecule has 1 atom stereocenters. The smallest absolute Gasteiger partial charge is 0.306 e. The Morgan fingerprint density at radius 1 is 0.253 bits per heavy atom. The third-order valence-electron chi connectivity index (χ3n) is 12.7. The van der Waals surface area contributed by atoms with Crippen LogP contribution >= 0.6 is 0 Å². The second kappa shape index (κ2) is 65.3. The van der Waals surface area contributed by atoms with Gasteiger partial charge in [0.05, 0.1) is 0 Å². The zero-order chi connectivity index (χ0) is 57.1. The van der Waals surface area contributed by atoms with E-state index in [4.69, 9.17) is 14.2 Å². The maximum atomic E-state index is 12.9. The molecule has 6 heteroatoms. The number of esters is 3. The normalized spacial score (nSPS) is 13.3. The van der Waals surface area contributed by atoms with Crippen LogP contribution < -0.4 is 0 Å². The fraction of sp³-hybridized carbons (Fsp3) is 0.575. The van der Waals surface area contributed by atoms with E-state index in [1.54, 1.807) is 0 Å². The Morgan fingerprint density at radius 3 is 0.734 bits per heavy atom. The van der Waals surface area contributed by atoms with Gasteiger partial charge in [0.15, 0.2) is 6.10 Å². The van der Waals surface area contributed by atoms with Gasteiger partial charge in [0.25, 0.3) is 0 Å².